The molecule has 1 aromatic rings. The summed E-state index contributed by atoms with van der Waals surface area (Å²) in [6.07, 6.45) is 3.86. The Balaban J connectivity index is 1.93. The van der Waals surface area contributed by atoms with Crippen molar-refractivity contribution in [1.29, 1.82) is 0 Å². The topological polar surface area (TPSA) is 66.4 Å². The van der Waals surface area contributed by atoms with Gasteiger partial charge in [0.05, 0.1) is 5.41 Å². The number of aliphatic carboxylic acids is 1. The molecule has 1 aliphatic rings. The number of carbonyl (C=O) groups excluding carboxylic acids is 1. The Morgan fingerprint density at radius 1 is 1.25 bits per heavy atom. The van der Waals surface area contributed by atoms with Crippen LogP contribution in [-0.2, 0) is 9.59 Å². The van der Waals surface area contributed by atoms with Gasteiger partial charge in [-0.3, -0.25) is 9.59 Å². The van der Waals surface area contributed by atoms with Crippen LogP contribution in [0, 0.1) is 17.0 Å². The Bertz CT molecular complexity index is 612. The summed E-state index contributed by atoms with van der Waals surface area (Å²) in [7, 11) is 0. The molecule has 24 heavy (non-hydrogen) atoms. The van der Waals surface area contributed by atoms with E-state index in [0.717, 1.165) is 31.4 Å². The quantitative estimate of drug-likeness (QED) is 0.832. The number of amides is 1. The second kappa shape index (κ2) is 7.73. The third-order valence-electron chi connectivity index (χ3n) is 4.87. The molecule has 1 saturated carbocycles. The van der Waals surface area contributed by atoms with Crippen LogP contribution >= 0.6 is 0 Å². The van der Waals surface area contributed by atoms with Gasteiger partial charge in [0.25, 0.3) is 0 Å². The van der Waals surface area contributed by atoms with E-state index in [1.54, 1.807) is 6.92 Å². The van der Waals surface area contributed by atoms with E-state index in [2.05, 4.69) is 5.32 Å². The molecule has 0 aliphatic heterocycles. The first kappa shape index (κ1) is 18.4. The van der Waals surface area contributed by atoms with E-state index < -0.39 is 28.9 Å². The SMILES string of the molecule is CC(CC(=O)NCC1(C(=O)O)CCCCC1)c1ccc(F)cc1F. The van der Waals surface area contributed by atoms with Crippen LogP contribution in [0.1, 0.15) is 56.9 Å². The molecule has 2 rings (SSSR count). The average Bonchev–Trinajstić information content (AvgIpc) is 2.53. The smallest absolute Gasteiger partial charge is 0.311 e. The lowest BCUT2D eigenvalue weighted by Gasteiger charge is -2.33. The van der Waals surface area contributed by atoms with Crippen LogP contribution in [0.25, 0.3) is 0 Å². The summed E-state index contributed by atoms with van der Waals surface area (Å²) in [6, 6.07) is 3.29. The Labute approximate surface area is 140 Å². The van der Waals surface area contributed by atoms with Crippen LogP contribution in [0.15, 0.2) is 18.2 Å². The molecular formula is C18H23F2NO3. The molecule has 132 valence electrons. The number of benzene rings is 1. The molecule has 1 amide bonds. The fourth-order valence-corrected chi connectivity index (χ4v) is 3.32. The van der Waals surface area contributed by atoms with Crippen LogP contribution in [0.5, 0.6) is 0 Å². The minimum atomic E-state index is -0.891. The van der Waals surface area contributed by atoms with Crippen molar-refractivity contribution < 1.29 is 23.5 Å². The van der Waals surface area contributed by atoms with E-state index in [4.69, 9.17) is 0 Å². The minimum absolute atomic E-state index is 0.0260. The predicted octanol–water partition coefficient (Wildman–Crippen LogP) is 3.61. The highest BCUT2D eigenvalue weighted by Gasteiger charge is 2.39. The number of rotatable bonds is 6. The van der Waals surface area contributed by atoms with Gasteiger partial charge in [0.1, 0.15) is 11.6 Å². The Hall–Kier alpha value is -1.98. The summed E-state index contributed by atoms with van der Waals surface area (Å²) in [5.74, 6) is -2.95. The fourth-order valence-electron chi connectivity index (χ4n) is 3.32. The molecule has 1 fully saturated rings. The number of carboxylic acids is 1. The molecule has 1 aromatic carbocycles. The number of carboxylic acid groups (broad SMARTS) is 1. The first-order valence-electron chi connectivity index (χ1n) is 8.29. The van der Waals surface area contributed by atoms with E-state index in [1.165, 1.54) is 6.07 Å². The minimum Gasteiger partial charge on any atom is -0.481 e. The molecular weight excluding hydrogens is 316 g/mol. The monoisotopic (exact) mass is 339 g/mol. The molecule has 1 aliphatic carbocycles. The second-order valence-electron chi connectivity index (χ2n) is 6.69. The van der Waals surface area contributed by atoms with E-state index in [9.17, 15) is 23.5 Å². The van der Waals surface area contributed by atoms with E-state index in [1.807, 2.05) is 0 Å². The van der Waals surface area contributed by atoms with Crippen LogP contribution in [0.3, 0.4) is 0 Å². The summed E-state index contributed by atoms with van der Waals surface area (Å²) in [5.41, 5.74) is -0.615. The Morgan fingerprint density at radius 2 is 1.92 bits per heavy atom. The summed E-state index contributed by atoms with van der Waals surface area (Å²) >= 11 is 0. The summed E-state index contributed by atoms with van der Waals surface area (Å²) in [5, 5.41) is 12.2. The van der Waals surface area contributed by atoms with Gasteiger partial charge in [-0.05, 0) is 30.4 Å². The van der Waals surface area contributed by atoms with Crippen molar-refractivity contribution in [2.24, 2.45) is 5.41 Å². The highest BCUT2D eigenvalue weighted by Crippen LogP contribution is 2.36. The van der Waals surface area contributed by atoms with Gasteiger partial charge in [0.2, 0.25) is 5.91 Å². The van der Waals surface area contributed by atoms with Crippen molar-refractivity contribution in [3.63, 3.8) is 0 Å². The molecule has 0 spiro atoms. The third kappa shape index (κ3) is 4.30. The second-order valence-corrected chi connectivity index (χ2v) is 6.69. The molecule has 0 radical (unpaired) electrons. The molecule has 1 atom stereocenters. The highest BCUT2D eigenvalue weighted by atomic mass is 19.1. The molecule has 1 unspecified atom stereocenters. The van der Waals surface area contributed by atoms with Gasteiger partial charge in [-0.15, -0.1) is 0 Å². The fraction of sp³-hybridized carbons (Fsp3) is 0.556. The summed E-state index contributed by atoms with van der Waals surface area (Å²) in [6.45, 7) is 1.78. The average molecular weight is 339 g/mol. The number of nitrogens with one attached hydrogen (secondary N) is 1. The third-order valence-corrected chi connectivity index (χ3v) is 4.87. The maximum absolute atomic E-state index is 13.7. The van der Waals surface area contributed by atoms with Gasteiger partial charge in [0.15, 0.2) is 0 Å². The summed E-state index contributed by atoms with van der Waals surface area (Å²) < 4.78 is 26.7. The zero-order valence-electron chi connectivity index (χ0n) is 13.8. The molecule has 6 heteroatoms. The van der Waals surface area contributed by atoms with Crippen LogP contribution in [0.2, 0.25) is 0 Å². The lowest BCUT2D eigenvalue weighted by molar-refractivity contribution is -0.151. The van der Waals surface area contributed by atoms with Gasteiger partial charge in [-0.1, -0.05) is 32.3 Å². The van der Waals surface area contributed by atoms with Gasteiger partial charge in [0, 0.05) is 19.0 Å². The predicted molar refractivity (Wildman–Crippen MR) is 85.6 cm³/mol. The number of hydrogen-bond acceptors (Lipinski definition) is 2. The van der Waals surface area contributed by atoms with Crippen LogP contribution < -0.4 is 5.32 Å². The number of halogens is 2. The highest BCUT2D eigenvalue weighted by molar-refractivity contribution is 5.79. The lowest BCUT2D eigenvalue weighted by atomic mass is 9.74. The van der Waals surface area contributed by atoms with Crippen molar-refractivity contribution in [1.82, 2.24) is 5.32 Å². The van der Waals surface area contributed by atoms with Gasteiger partial charge in [-0.2, -0.15) is 0 Å². The largest absolute Gasteiger partial charge is 0.481 e. The normalized spacial score (nSPS) is 18.0. The van der Waals surface area contributed by atoms with Crippen molar-refractivity contribution in [3.8, 4) is 0 Å². The van der Waals surface area contributed by atoms with Gasteiger partial charge in [-0.25, -0.2) is 8.78 Å². The maximum Gasteiger partial charge on any atom is 0.311 e. The van der Waals surface area contributed by atoms with Crippen LogP contribution in [-0.4, -0.2) is 23.5 Å². The van der Waals surface area contributed by atoms with Crippen molar-refractivity contribution in [2.75, 3.05) is 6.54 Å². The van der Waals surface area contributed by atoms with Gasteiger partial charge < -0.3 is 10.4 Å². The molecule has 0 aromatic heterocycles. The summed E-state index contributed by atoms with van der Waals surface area (Å²) in [4.78, 5) is 23.7. The molecule has 0 saturated heterocycles. The zero-order chi connectivity index (χ0) is 17.7. The number of hydrogen-bond donors (Lipinski definition) is 2. The van der Waals surface area contributed by atoms with E-state index in [-0.39, 0.29) is 24.4 Å². The van der Waals surface area contributed by atoms with Crippen molar-refractivity contribution in [3.05, 3.63) is 35.4 Å². The molecule has 2 N–H and O–H groups in total. The zero-order valence-corrected chi connectivity index (χ0v) is 13.8. The van der Waals surface area contributed by atoms with Crippen molar-refractivity contribution >= 4 is 11.9 Å². The first-order chi connectivity index (χ1) is 11.3. The lowest BCUT2D eigenvalue weighted by Crippen LogP contribution is -2.44. The van der Waals surface area contributed by atoms with Crippen LogP contribution in [0.4, 0.5) is 8.78 Å². The molecule has 4 nitrogen and oxygen atoms in total. The van der Waals surface area contributed by atoms with E-state index in [0.29, 0.717) is 12.8 Å². The molecule has 0 bridgehead atoms. The first-order valence-corrected chi connectivity index (χ1v) is 8.29. The van der Waals surface area contributed by atoms with Crippen molar-refractivity contribution in [2.45, 2.75) is 51.4 Å². The maximum atomic E-state index is 13.7. The Morgan fingerprint density at radius 3 is 2.50 bits per heavy atom. The Kier molecular flexibility index (Phi) is 5.91. The van der Waals surface area contributed by atoms with E-state index >= 15 is 0 Å². The molecule has 0 heterocycles. The number of carbonyl (C=O) groups is 2. The van der Waals surface area contributed by atoms with Gasteiger partial charge >= 0.3 is 5.97 Å². The standard InChI is InChI=1S/C18H23F2NO3/c1-12(14-6-5-13(19)10-15(14)20)9-16(22)21-11-18(17(23)24)7-3-2-4-8-18/h5-6,10,12H,2-4,7-9,11H2,1H3,(H,21,22)(H,23,24).